The van der Waals surface area contributed by atoms with Crippen LogP contribution in [0.5, 0.6) is 0 Å². The lowest BCUT2D eigenvalue weighted by molar-refractivity contribution is -0.870. The molecular formula is C21H42N3O6+. The lowest BCUT2D eigenvalue weighted by atomic mass is 9.83. The highest BCUT2D eigenvalue weighted by molar-refractivity contribution is 5.75. The predicted octanol–water partition coefficient (Wildman–Crippen LogP) is 0.610. The largest absolute Gasteiger partial charge is 0.480 e. The Kier molecular flexibility index (Phi) is 13.1. The molecule has 0 unspecified atom stereocenters. The van der Waals surface area contributed by atoms with E-state index in [0.29, 0.717) is 58.3 Å². The standard InChI is InChI=1S/C21H41N3O6/c1-24(2,3)10-13-29-15-14-28-11-8-20(25)23-9-12-30-18-6-4-17(5-7-18)16-19(22)21(26)27/h17-19H,4-16,22H2,1-3H3,(H-,23,25,26,27)/p+1/t17?,18?,19-/m0/s1. The van der Waals surface area contributed by atoms with Crippen LogP contribution >= 0.6 is 0 Å². The highest BCUT2D eigenvalue weighted by atomic mass is 16.5. The summed E-state index contributed by atoms with van der Waals surface area (Å²) in [7, 11) is 6.36. The molecule has 1 atom stereocenters. The van der Waals surface area contributed by atoms with Gasteiger partial charge in [-0.1, -0.05) is 0 Å². The topological polar surface area (TPSA) is 120 Å². The molecule has 1 rings (SSSR count). The van der Waals surface area contributed by atoms with Gasteiger partial charge in [0.2, 0.25) is 5.91 Å². The third-order valence-electron chi connectivity index (χ3n) is 5.23. The van der Waals surface area contributed by atoms with Crippen molar-refractivity contribution in [3.05, 3.63) is 0 Å². The van der Waals surface area contributed by atoms with E-state index in [0.717, 1.165) is 36.7 Å². The molecule has 9 nitrogen and oxygen atoms in total. The maximum Gasteiger partial charge on any atom is 0.320 e. The van der Waals surface area contributed by atoms with Crippen LogP contribution in [0.3, 0.4) is 0 Å². The van der Waals surface area contributed by atoms with Crippen molar-refractivity contribution in [2.24, 2.45) is 11.7 Å². The summed E-state index contributed by atoms with van der Waals surface area (Å²) < 4.78 is 17.6. The molecule has 0 aromatic heterocycles. The van der Waals surface area contributed by atoms with Crippen LogP contribution in [0.2, 0.25) is 0 Å². The molecule has 9 heteroatoms. The van der Waals surface area contributed by atoms with Gasteiger partial charge in [0.1, 0.15) is 12.6 Å². The van der Waals surface area contributed by atoms with Gasteiger partial charge in [-0.2, -0.15) is 0 Å². The third kappa shape index (κ3) is 13.9. The summed E-state index contributed by atoms with van der Waals surface area (Å²) in [5.41, 5.74) is 5.61. The Bertz CT molecular complexity index is 490. The first-order valence-electron chi connectivity index (χ1n) is 11.0. The monoisotopic (exact) mass is 432 g/mol. The average molecular weight is 433 g/mol. The molecule has 0 aromatic carbocycles. The molecule has 176 valence electrons. The van der Waals surface area contributed by atoms with Gasteiger partial charge in [0.05, 0.1) is 60.3 Å². The van der Waals surface area contributed by atoms with Crippen molar-refractivity contribution in [1.29, 1.82) is 0 Å². The van der Waals surface area contributed by atoms with Gasteiger partial charge in [0.25, 0.3) is 0 Å². The molecule has 4 N–H and O–H groups in total. The van der Waals surface area contributed by atoms with Gasteiger partial charge in [-0.05, 0) is 38.0 Å². The van der Waals surface area contributed by atoms with E-state index in [2.05, 4.69) is 26.5 Å². The normalized spacial score (nSPS) is 20.7. The van der Waals surface area contributed by atoms with Gasteiger partial charge in [0.15, 0.2) is 0 Å². The van der Waals surface area contributed by atoms with Gasteiger partial charge >= 0.3 is 5.97 Å². The molecule has 0 aromatic rings. The van der Waals surface area contributed by atoms with Crippen LogP contribution in [-0.2, 0) is 23.8 Å². The summed E-state index contributed by atoms with van der Waals surface area (Å²) in [4.78, 5) is 22.6. The van der Waals surface area contributed by atoms with Crippen LogP contribution < -0.4 is 11.1 Å². The minimum atomic E-state index is -0.932. The van der Waals surface area contributed by atoms with Gasteiger partial charge in [-0.15, -0.1) is 0 Å². The Morgan fingerprint density at radius 3 is 2.27 bits per heavy atom. The minimum Gasteiger partial charge on any atom is -0.480 e. The number of nitrogens with zero attached hydrogens (tertiary/aromatic N) is 1. The maximum atomic E-state index is 11.8. The Labute approximate surface area is 180 Å². The fraction of sp³-hybridized carbons (Fsp3) is 0.905. The number of rotatable bonds is 16. The summed E-state index contributed by atoms with van der Waals surface area (Å²) in [6.07, 6.45) is 4.74. The highest BCUT2D eigenvalue weighted by Crippen LogP contribution is 2.29. The second kappa shape index (κ2) is 14.7. The molecule has 1 fully saturated rings. The smallest absolute Gasteiger partial charge is 0.320 e. The predicted molar refractivity (Wildman–Crippen MR) is 114 cm³/mol. The molecule has 1 amide bonds. The van der Waals surface area contributed by atoms with E-state index in [1.165, 1.54) is 0 Å². The van der Waals surface area contributed by atoms with Crippen molar-refractivity contribution >= 4 is 11.9 Å². The number of quaternary nitrogens is 1. The third-order valence-corrected chi connectivity index (χ3v) is 5.23. The van der Waals surface area contributed by atoms with Crippen molar-refractivity contribution in [1.82, 2.24) is 5.32 Å². The van der Waals surface area contributed by atoms with Crippen molar-refractivity contribution in [3.8, 4) is 0 Å². The van der Waals surface area contributed by atoms with Crippen LogP contribution in [0.1, 0.15) is 38.5 Å². The first kappa shape index (κ1) is 26.8. The number of carbonyl (C=O) groups is 2. The van der Waals surface area contributed by atoms with Gasteiger partial charge in [-0.25, -0.2) is 0 Å². The van der Waals surface area contributed by atoms with E-state index in [1.807, 2.05) is 0 Å². The number of hydrogen-bond acceptors (Lipinski definition) is 6. The first-order valence-corrected chi connectivity index (χ1v) is 11.0. The number of carbonyl (C=O) groups excluding carboxylic acids is 1. The molecule has 1 aliphatic rings. The van der Waals surface area contributed by atoms with Crippen molar-refractivity contribution in [2.75, 3.05) is 67.3 Å². The Morgan fingerprint density at radius 2 is 1.67 bits per heavy atom. The summed E-state index contributed by atoms with van der Waals surface area (Å²) in [6, 6.07) is -0.771. The van der Waals surface area contributed by atoms with E-state index in [9.17, 15) is 9.59 Å². The highest BCUT2D eigenvalue weighted by Gasteiger charge is 2.25. The number of nitrogens with two attached hydrogens (primary N) is 1. The zero-order valence-electron chi connectivity index (χ0n) is 18.9. The van der Waals surface area contributed by atoms with E-state index in [4.69, 9.17) is 25.1 Å². The number of carboxylic acids is 1. The number of nitrogens with one attached hydrogen (secondary N) is 1. The summed E-state index contributed by atoms with van der Waals surface area (Å²) in [5, 5.41) is 11.7. The van der Waals surface area contributed by atoms with Crippen LogP contribution in [0.15, 0.2) is 0 Å². The number of hydrogen-bond donors (Lipinski definition) is 3. The summed E-state index contributed by atoms with van der Waals surface area (Å²) in [6.45, 7) is 4.03. The van der Waals surface area contributed by atoms with Crippen molar-refractivity contribution < 1.29 is 33.4 Å². The van der Waals surface area contributed by atoms with E-state index < -0.39 is 12.0 Å². The number of aliphatic carboxylic acids is 1. The first-order chi connectivity index (χ1) is 14.2. The Balaban J connectivity index is 1.92. The van der Waals surface area contributed by atoms with Gasteiger partial charge in [-0.3, -0.25) is 9.59 Å². The molecule has 0 heterocycles. The minimum absolute atomic E-state index is 0.0454. The Hall–Kier alpha value is -1.26. The van der Waals surface area contributed by atoms with Gasteiger partial charge < -0.3 is 34.9 Å². The molecule has 0 saturated heterocycles. The molecular weight excluding hydrogens is 390 g/mol. The van der Waals surface area contributed by atoms with Gasteiger partial charge in [0, 0.05) is 13.0 Å². The van der Waals surface area contributed by atoms with E-state index >= 15 is 0 Å². The maximum absolute atomic E-state index is 11.8. The average Bonchev–Trinajstić information content (AvgIpc) is 2.67. The SMILES string of the molecule is C[N+](C)(C)CCOCCOCCC(=O)NCCOC1CCC(C[C@H](N)C(=O)O)CC1. The molecule has 0 bridgehead atoms. The molecule has 30 heavy (non-hydrogen) atoms. The lowest BCUT2D eigenvalue weighted by Crippen LogP contribution is -2.37. The lowest BCUT2D eigenvalue weighted by Gasteiger charge is -2.29. The number of amides is 1. The molecule has 0 spiro atoms. The van der Waals surface area contributed by atoms with Crippen molar-refractivity contribution in [3.63, 3.8) is 0 Å². The molecule has 1 aliphatic carbocycles. The Morgan fingerprint density at radius 1 is 1.03 bits per heavy atom. The number of carboxylic acid groups (broad SMARTS) is 1. The van der Waals surface area contributed by atoms with Crippen LogP contribution in [0.25, 0.3) is 0 Å². The fourth-order valence-electron chi connectivity index (χ4n) is 3.32. The second-order valence-electron chi connectivity index (χ2n) is 9.03. The van der Waals surface area contributed by atoms with Crippen molar-refractivity contribution in [2.45, 2.75) is 50.7 Å². The van der Waals surface area contributed by atoms with Crippen LogP contribution in [0, 0.1) is 5.92 Å². The molecule has 1 saturated carbocycles. The van der Waals surface area contributed by atoms with Crippen LogP contribution in [-0.4, -0.2) is 101 Å². The quantitative estimate of drug-likeness (QED) is 0.241. The van der Waals surface area contributed by atoms with Crippen LogP contribution in [0.4, 0.5) is 0 Å². The molecule has 0 radical (unpaired) electrons. The number of ether oxygens (including phenoxy) is 3. The fourth-order valence-corrected chi connectivity index (χ4v) is 3.32. The molecule has 0 aliphatic heterocycles. The van der Waals surface area contributed by atoms with E-state index in [1.54, 1.807) is 0 Å². The zero-order valence-corrected chi connectivity index (χ0v) is 18.9. The summed E-state index contributed by atoms with van der Waals surface area (Å²) in [5.74, 6) is -0.618. The summed E-state index contributed by atoms with van der Waals surface area (Å²) >= 11 is 0. The zero-order chi connectivity index (χ0) is 22.4. The number of likely N-dealkylation sites (N-methyl/N-ethyl adjacent to an activating group) is 1. The van der Waals surface area contributed by atoms with E-state index in [-0.39, 0.29) is 12.0 Å². The second-order valence-corrected chi connectivity index (χ2v) is 9.03.